The molecule has 2 saturated heterocycles. The lowest BCUT2D eigenvalue weighted by Crippen LogP contribution is -2.49. The van der Waals surface area contributed by atoms with Crippen LogP contribution in [0.5, 0.6) is 11.5 Å². The van der Waals surface area contributed by atoms with Crippen molar-refractivity contribution in [3.8, 4) is 34.1 Å². The largest absolute Gasteiger partial charge is 0.701 e. The van der Waals surface area contributed by atoms with Crippen molar-refractivity contribution in [2.75, 3.05) is 92.6 Å². The van der Waals surface area contributed by atoms with Crippen LogP contribution < -0.4 is 41.4 Å². The molecule has 0 unspecified atom stereocenters. The number of carbonyl (C=O) groups is 10. The van der Waals surface area contributed by atoms with Gasteiger partial charge in [-0.2, -0.15) is 10.1 Å². The molecule has 8 rings (SSSR count). The number of aryl methyl sites for hydroxylation is 2. The van der Waals surface area contributed by atoms with E-state index >= 15 is 0 Å². The number of furan rings is 2. The topological polar surface area (TPSA) is 373 Å². The van der Waals surface area contributed by atoms with E-state index in [1.165, 1.54) is 36.4 Å². The van der Waals surface area contributed by atoms with Gasteiger partial charge < -0.3 is 69.4 Å². The van der Waals surface area contributed by atoms with Gasteiger partial charge >= 0.3 is 20.2 Å². The maximum Gasteiger partial charge on any atom is 0.701 e. The molecule has 4 aromatic carbocycles. The van der Waals surface area contributed by atoms with Crippen LogP contribution in [0.25, 0.3) is 22.6 Å². The molecule has 6 aromatic rings. The van der Waals surface area contributed by atoms with Crippen LogP contribution in [0.2, 0.25) is 0 Å². The number of rotatable bonds is 46. The van der Waals surface area contributed by atoms with Crippen LogP contribution in [-0.2, 0) is 65.0 Å². The Morgan fingerprint density at radius 2 is 0.875 bits per heavy atom. The van der Waals surface area contributed by atoms with Crippen molar-refractivity contribution in [2.24, 2.45) is 11.8 Å². The van der Waals surface area contributed by atoms with Gasteiger partial charge in [-0.05, 0) is 136 Å². The van der Waals surface area contributed by atoms with Crippen molar-refractivity contribution in [3.05, 3.63) is 153 Å². The summed E-state index contributed by atoms with van der Waals surface area (Å²) in [5, 5.41) is 17.6. The number of nitrogens with zero attached hydrogens (tertiary/aromatic N) is 4. The van der Waals surface area contributed by atoms with E-state index in [-0.39, 0.29) is 96.2 Å². The highest BCUT2D eigenvalue weighted by Crippen LogP contribution is 2.33. The summed E-state index contributed by atoms with van der Waals surface area (Å²) in [5.41, 5.74) is 4.99. The Hall–Kier alpha value is -10.4. The molecule has 112 heavy (non-hydrogen) atoms. The Balaban J connectivity index is 0.770. The summed E-state index contributed by atoms with van der Waals surface area (Å²) in [6, 6.07) is 24.3. The highest BCUT2D eigenvalue weighted by molar-refractivity contribution is 7.33. The molecular weight excluding hydrogens is 1470 g/mol. The molecule has 2 aliphatic rings. The Bertz CT molecular complexity index is 3920. The van der Waals surface area contributed by atoms with Gasteiger partial charge in [-0.3, -0.25) is 48.2 Å². The number of carbonyl (C=O) groups excluding carboxylic acids is 10. The first-order valence-electron chi connectivity index (χ1n) is 38.1. The first-order chi connectivity index (χ1) is 54.2. The molecule has 2 fully saturated rings. The number of hydrogen-bond acceptors (Lipinski definition) is 23. The fourth-order valence-corrected chi connectivity index (χ4v) is 13.6. The molecule has 4 heterocycles. The molecule has 32 heteroatoms. The third-order valence-corrected chi connectivity index (χ3v) is 19.7. The zero-order valence-corrected chi connectivity index (χ0v) is 65.8. The minimum absolute atomic E-state index is 0.0730. The van der Waals surface area contributed by atoms with E-state index in [1.807, 2.05) is 38.1 Å². The molecule has 2 aromatic heterocycles. The summed E-state index contributed by atoms with van der Waals surface area (Å²) < 4.78 is 57.5. The van der Waals surface area contributed by atoms with E-state index in [0.717, 1.165) is 73.1 Å². The van der Waals surface area contributed by atoms with Gasteiger partial charge in [0.2, 0.25) is 24.6 Å². The van der Waals surface area contributed by atoms with Crippen molar-refractivity contribution in [1.82, 2.24) is 51.8 Å². The van der Waals surface area contributed by atoms with Gasteiger partial charge in [0.1, 0.15) is 23.0 Å². The van der Waals surface area contributed by atoms with Crippen molar-refractivity contribution in [2.45, 2.75) is 145 Å². The third kappa shape index (κ3) is 25.3. The van der Waals surface area contributed by atoms with Crippen molar-refractivity contribution in [3.63, 3.8) is 0 Å². The molecule has 6 N–H and O–H groups in total. The van der Waals surface area contributed by atoms with Crippen molar-refractivity contribution >= 4 is 68.5 Å². The first-order valence-corrected chi connectivity index (χ1v) is 39.2. The molecule has 2 aliphatic heterocycles. The van der Waals surface area contributed by atoms with Crippen LogP contribution in [0.1, 0.15) is 191 Å². The lowest BCUT2D eigenvalue weighted by molar-refractivity contribution is -0.171. The predicted molar refractivity (Wildman–Crippen MR) is 411 cm³/mol. The van der Waals surface area contributed by atoms with Crippen LogP contribution in [0.3, 0.4) is 0 Å². The number of amides is 8. The van der Waals surface area contributed by atoms with E-state index < -0.39 is 93.0 Å². The molecule has 0 saturated carbocycles. The Morgan fingerprint density at radius 3 is 1.23 bits per heavy atom. The van der Waals surface area contributed by atoms with E-state index in [1.54, 1.807) is 77.9 Å². The number of unbranched alkanes of at least 4 members (excludes halogenated alkanes) is 4. The SMILES string of the molecule is CCCCC[C@@H](C(=O)NCNC(=O)c1ccc(-c2ccc(C(=O)NCO[P+](=O)OCNC(=O)c3ccc(-c4ccc(C(=O)NCNC(=O)[C@H](CCCCC)[C@@H](CC)N(C=O)OC(=O)c5ccc(CN6CCOCC6)cc5C)o4)cc3OCC)c(OCC)c2)o1)[C@@H](CC)N(C=O)OC(=O)c1ccc(CN2CCOCC2)cc1C. The molecule has 8 amide bonds. The zero-order valence-electron chi connectivity index (χ0n) is 64.9. The molecule has 0 bridgehead atoms. The lowest BCUT2D eigenvalue weighted by atomic mass is 9.90. The van der Waals surface area contributed by atoms with E-state index in [2.05, 4.69) is 41.7 Å². The maximum absolute atomic E-state index is 13.9. The van der Waals surface area contributed by atoms with Crippen LogP contribution in [0.15, 0.2) is 106 Å². The number of hydroxylamine groups is 4. The van der Waals surface area contributed by atoms with Crippen LogP contribution in [0, 0.1) is 25.7 Å². The normalized spacial score (nSPS) is 14.1. The third-order valence-electron chi connectivity index (χ3n) is 19.1. The van der Waals surface area contributed by atoms with Gasteiger partial charge in [0.05, 0.1) is 99.2 Å². The summed E-state index contributed by atoms with van der Waals surface area (Å²) in [6.07, 6.45) is 6.76. The standard InChI is InChI=1S/C80H103N10O21P/c1-9-15-17-19-61(65(11-3)89(51-91)110-79(99)59-25-21-55(41-53(59)7)45-87-33-37-102-38-34-87)73(93)81-47-83-77(97)69-31-29-67(108-69)57-23-27-63(71(43-57)104-13-5)75(95)85-49-106-112(101)107-50-86-76(96)64-28-24-58(44-72(64)105-14-6)68-30-32-70(109-68)78(98)84-48-82-74(94)62(20-18-16-10-2)66(12-4)90(52-92)111-80(100)60-26-22-56(42-54(60)8)46-88-35-39-103-40-36-88/h21-32,41-44,51-52,61-62,65-66H,9-20,33-40,45-50H2,1-8H3,(H5-,81,82,83,84,85,86,93,94,95,96,97,98)/p+1/t61-,62-,65-,66-/m1/s1. The summed E-state index contributed by atoms with van der Waals surface area (Å²) in [7, 11) is -2.89. The molecule has 0 aliphatic carbocycles. The van der Waals surface area contributed by atoms with Crippen LogP contribution in [-0.4, -0.2) is 185 Å². The zero-order chi connectivity index (χ0) is 80.5. The van der Waals surface area contributed by atoms with Gasteiger partial charge in [-0.15, -0.1) is 0 Å². The average molecular weight is 1570 g/mol. The number of benzene rings is 4. The van der Waals surface area contributed by atoms with E-state index in [9.17, 15) is 52.5 Å². The van der Waals surface area contributed by atoms with Gasteiger partial charge in [0.15, 0.2) is 25.0 Å². The molecule has 0 radical (unpaired) electrons. The van der Waals surface area contributed by atoms with Gasteiger partial charge in [0.25, 0.3) is 23.6 Å². The highest BCUT2D eigenvalue weighted by Gasteiger charge is 2.37. The summed E-state index contributed by atoms with van der Waals surface area (Å²) in [5.74, 6) is -6.11. The second-order valence-electron chi connectivity index (χ2n) is 26.8. The van der Waals surface area contributed by atoms with Gasteiger partial charge in [-0.25, -0.2) is 9.59 Å². The van der Waals surface area contributed by atoms with Crippen molar-refractivity contribution in [1.29, 1.82) is 0 Å². The molecule has 4 atom stereocenters. The van der Waals surface area contributed by atoms with Crippen LogP contribution >= 0.6 is 8.25 Å². The summed E-state index contributed by atoms with van der Waals surface area (Å²) >= 11 is 0. The van der Waals surface area contributed by atoms with Crippen LogP contribution in [0.4, 0.5) is 0 Å². The van der Waals surface area contributed by atoms with Gasteiger partial charge in [-0.1, -0.05) is 112 Å². The maximum atomic E-state index is 13.9. The number of ether oxygens (including phenoxy) is 4. The minimum Gasteiger partial charge on any atom is -0.493 e. The number of nitrogens with one attached hydrogen (secondary N) is 6. The predicted octanol–water partition coefficient (Wildman–Crippen LogP) is 10.1. The second kappa shape index (κ2) is 45.2. The second-order valence-corrected chi connectivity index (χ2v) is 27.7. The fraction of sp³-hybridized carbons (Fsp3) is 0.475. The van der Waals surface area contributed by atoms with Crippen molar-refractivity contribution < 1.29 is 99.0 Å². The fourth-order valence-electron chi connectivity index (χ4n) is 13.2. The average Bonchev–Trinajstić information content (AvgIpc) is 1.33. The summed E-state index contributed by atoms with van der Waals surface area (Å²) in [6.45, 7) is 20.4. The van der Waals surface area contributed by atoms with E-state index in [4.69, 9.17) is 46.5 Å². The summed E-state index contributed by atoms with van der Waals surface area (Å²) in [4.78, 5) is 150. The minimum atomic E-state index is -2.89. The van der Waals surface area contributed by atoms with E-state index in [0.29, 0.717) is 100 Å². The number of hydrogen-bond donors (Lipinski definition) is 6. The number of morpholine rings is 2. The molecule has 604 valence electrons. The lowest BCUT2D eigenvalue weighted by Gasteiger charge is -2.32. The Kier molecular flexibility index (Phi) is 35.2. The first kappa shape index (κ1) is 87.2. The molecular formula is C80H104N10O21P+. The van der Waals surface area contributed by atoms with Gasteiger partial charge in [0, 0.05) is 55.0 Å². The molecule has 0 spiro atoms. The Morgan fingerprint density at radius 1 is 0.482 bits per heavy atom. The smallest absolute Gasteiger partial charge is 0.493 e. The Labute approximate surface area is 652 Å². The monoisotopic (exact) mass is 1570 g/mol. The highest BCUT2D eigenvalue weighted by atomic mass is 31.1. The quantitative estimate of drug-likeness (QED) is 0.00680. The molecule has 31 nitrogen and oxygen atoms in total.